The van der Waals surface area contributed by atoms with E-state index in [9.17, 15) is 9.90 Å². The average molecular weight is 327 g/mol. The van der Waals surface area contributed by atoms with Gasteiger partial charge in [-0.25, -0.2) is 0 Å². The van der Waals surface area contributed by atoms with Gasteiger partial charge < -0.3 is 9.84 Å². The van der Waals surface area contributed by atoms with Gasteiger partial charge in [-0.15, -0.1) is 0 Å². The summed E-state index contributed by atoms with van der Waals surface area (Å²) in [4.78, 5) is 11.4. The van der Waals surface area contributed by atoms with Gasteiger partial charge in [0, 0.05) is 17.7 Å². The van der Waals surface area contributed by atoms with Crippen LogP contribution < -0.4 is 0 Å². The van der Waals surface area contributed by atoms with Crippen LogP contribution in [0.3, 0.4) is 0 Å². The zero-order chi connectivity index (χ0) is 13.7. The van der Waals surface area contributed by atoms with Gasteiger partial charge in [-0.2, -0.15) is 0 Å². The minimum absolute atomic E-state index is 0.288. The molecule has 1 fully saturated rings. The summed E-state index contributed by atoms with van der Waals surface area (Å²) in [5, 5.41) is 9.38. The van der Waals surface area contributed by atoms with E-state index < -0.39 is 5.97 Å². The molecule has 1 aromatic rings. The first-order valence-electron chi connectivity index (χ1n) is 6.70. The maximum Gasteiger partial charge on any atom is 0.306 e. The van der Waals surface area contributed by atoms with Crippen LogP contribution in [0, 0.1) is 11.8 Å². The second-order valence-corrected chi connectivity index (χ2v) is 6.07. The highest BCUT2D eigenvalue weighted by molar-refractivity contribution is 9.10. The van der Waals surface area contributed by atoms with Crippen LogP contribution >= 0.6 is 15.9 Å². The molecule has 0 spiro atoms. The summed E-state index contributed by atoms with van der Waals surface area (Å²) < 4.78 is 6.34. The summed E-state index contributed by atoms with van der Waals surface area (Å²) in [6.07, 6.45) is 3.35. The Morgan fingerprint density at radius 3 is 2.53 bits per heavy atom. The molecular weight excluding hydrogens is 308 g/mol. The molecule has 1 saturated heterocycles. The number of hydrogen-bond donors (Lipinski definition) is 1. The molecule has 0 radical (unpaired) electrons. The highest BCUT2D eigenvalue weighted by Crippen LogP contribution is 2.25. The Balaban J connectivity index is 1.95. The van der Waals surface area contributed by atoms with Crippen molar-refractivity contribution in [2.24, 2.45) is 11.8 Å². The lowest BCUT2D eigenvalue weighted by atomic mass is 9.85. The van der Waals surface area contributed by atoms with Crippen molar-refractivity contribution in [3.8, 4) is 0 Å². The second-order valence-electron chi connectivity index (χ2n) is 5.16. The quantitative estimate of drug-likeness (QED) is 0.900. The number of aliphatic carboxylic acids is 1. The number of benzene rings is 1. The van der Waals surface area contributed by atoms with Gasteiger partial charge >= 0.3 is 5.97 Å². The molecule has 1 N–H and O–H groups in total. The van der Waals surface area contributed by atoms with E-state index in [0.29, 0.717) is 12.3 Å². The van der Waals surface area contributed by atoms with E-state index in [1.54, 1.807) is 0 Å². The Morgan fingerprint density at radius 2 is 1.95 bits per heavy atom. The van der Waals surface area contributed by atoms with Gasteiger partial charge in [-0.05, 0) is 49.3 Å². The molecule has 1 aliphatic rings. The van der Waals surface area contributed by atoms with E-state index in [4.69, 9.17) is 4.74 Å². The van der Waals surface area contributed by atoms with Gasteiger partial charge in [-0.3, -0.25) is 4.79 Å². The lowest BCUT2D eigenvalue weighted by Crippen LogP contribution is -2.24. The molecule has 1 atom stereocenters. The Bertz CT molecular complexity index is 410. The molecule has 1 aromatic carbocycles. The molecule has 0 saturated carbocycles. The van der Waals surface area contributed by atoms with E-state index in [1.165, 1.54) is 0 Å². The van der Waals surface area contributed by atoms with E-state index in [0.717, 1.165) is 42.5 Å². The molecule has 0 aliphatic carbocycles. The third-order valence-electron chi connectivity index (χ3n) is 3.70. The minimum atomic E-state index is -0.686. The molecule has 4 heteroatoms. The predicted octanol–water partition coefficient (Wildman–Crippen LogP) is 3.51. The SMILES string of the molecule is O=C(O)C(Cc1ccc(Br)cc1)CC1CCOCC1. The smallest absolute Gasteiger partial charge is 0.306 e. The second kappa shape index (κ2) is 7.06. The van der Waals surface area contributed by atoms with Crippen molar-refractivity contribution in [1.82, 2.24) is 0 Å². The van der Waals surface area contributed by atoms with Crippen LogP contribution in [-0.4, -0.2) is 24.3 Å². The Morgan fingerprint density at radius 1 is 1.32 bits per heavy atom. The molecule has 1 aliphatic heterocycles. The number of rotatable bonds is 5. The topological polar surface area (TPSA) is 46.5 Å². The molecule has 0 aromatic heterocycles. The zero-order valence-corrected chi connectivity index (χ0v) is 12.4. The van der Waals surface area contributed by atoms with Crippen molar-refractivity contribution in [1.29, 1.82) is 0 Å². The first kappa shape index (κ1) is 14.5. The molecule has 3 nitrogen and oxygen atoms in total. The first-order chi connectivity index (χ1) is 9.15. The third kappa shape index (κ3) is 4.62. The maximum atomic E-state index is 11.4. The Hall–Kier alpha value is -0.870. The lowest BCUT2D eigenvalue weighted by Gasteiger charge is -2.24. The fourth-order valence-electron chi connectivity index (χ4n) is 2.56. The average Bonchev–Trinajstić information content (AvgIpc) is 2.41. The van der Waals surface area contributed by atoms with Crippen molar-refractivity contribution in [2.75, 3.05) is 13.2 Å². The zero-order valence-electron chi connectivity index (χ0n) is 10.8. The Kier molecular flexibility index (Phi) is 5.40. The van der Waals surface area contributed by atoms with Crippen LogP contribution in [0.25, 0.3) is 0 Å². The van der Waals surface area contributed by atoms with Crippen LogP contribution in [-0.2, 0) is 16.0 Å². The summed E-state index contributed by atoms with van der Waals surface area (Å²) >= 11 is 3.39. The summed E-state index contributed by atoms with van der Waals surface area (Å²) in [6, 6.07) is 7.90. The van der Waals surface area contributed by atoms with Crippen molar-refractivity contribution >= 4 is 21.9 Å². The van der Waals surface area contributed by atoms with E-state index in [-0.39, 0.29) is 5.92 Å². The van der Waals surface area contributed by atoms with Crippen molar-refractivity contribution in [2.45, 2.75) is 25.7 Å². The Labute approximate surface area is 122 Å². The molecule has 1 unspecified atom stereocenters. The van der Waals surface area contributed by atoms with Gasteiger partial charge in [-0.1, -0.05) is 28.1 Å². The van der Waals surface area contributed by atoms with Gasteiger partial charge in [0.15, 0.2) is 0 Å². The highest BCUT2D eigenvalue weighted by atomic mass is 79.9. The summed E-state index contributed by atoms with van der Waals surface area (Å²) in [6.45, 7) is 1.55. The lowest BCUT2D eigenvalue weighted by molar-refractivity contribution is -0.142. The van der Waals surface area contributed by atoms with Gasteiger partial charge in [0.25, 0.3) is 0 Å². The first-order valence-corrected chi connectivity index (χ1v) is 7.49. The molecule has 0 bridgehead atoms. The number of halogens is 1. The fraction of sp³-hybridized carbons (Fsp3) is 0.533. The standard InChI is InChI=1S/C15H19BrO3/c16-14-3-1-11(2-4-14)9-13(15(17)18)10-12-5-7-19-8-6-12/h1-4,12-13H,5-10H2,(H,17,18). The molecular formula is C15H19BrO3. The van der Waals surface area contributed by atoms with Crippen LogP contribution in [0.5, 0.6) is 0 Å². The van der Waals surface area contributed by atoms with E-state index >= 15 is 0 Å². The molecule has 104 valence electrons. The van der Waals surface area contributed by atoms with Crippen LogP contribution in [0.15, 0.2) is 28.7 Å². The predicted molar refractivity (Wildman–Crippen MR) is 77.1 cm³/mol. The molecule has 2 rings (SSSR count). The molecule has 0 amide bonds. The van der Waals surface area contributed by atoms with E-state index in [2.05, 4.69) is 15.9 Å². The number of ether oxygens (including phenoxy) is 1. The summed E-state index contributed by atoms with van der Waals surface area (Å²) in [5.74, 6) is -0.482. The number of carboxylic acids is 1. The normalized spacial score (nSPS) is 18.2. The number of carboxylic acid groups (broad SMARTS) is 1. The summed E-state index contributed by atoms with van der Waals surface area (Å²) in [7, 11) is 0. The molecule has 1 heterocycles. The molecule has 19 heavy (non-hydrogen) atoms. The largest absolute Gasteiger partial charge is 0.481 e. The van der Waals surface area contributed by atoms with Crippen LogP contribution in [0.1, 0.15) is 24.8 Å². The van der Waals surface area contributed by atoms with Gasteiger partial charge in [0.05, 0.1) is 5.92 Å². The third-order valence-corrected chi connectivity index (χ3v) is 4.23. The van der Waals surface area contributed by atoms with E-state index in [1.807, 2.05) is 24.3 Å². The van der Waals surface area contributed by atoms with Crippen molar-refractivity contribution < 1.29 is 14.6 Å². The summed E-state index contributed by atoms with van der Waals surface area (Å²) in [5.41, 5.74) is 1.09. The van der Waals surface area contributed by atoms with Gasteiger partial charge in [0.1, 0.15) is 0 Å². The van der Waals surface area contributed by atoms with Crippen molar-refractivity contribution in [3.05, 3.63) is 34.3 Å². The maximum absolute atomic E-state index is 11.4. The monoisotopic (exact) mass is 326 g/mol. The number of carbonyl (C=O) groups is 1. The number of hydrogen-bond acceptors (Lipinski definition) is 2. The van der Waals surface area contributed by atoms with Gasteiger partial charge in [0.2, 0.25) is 0 Å². The highest BCUT2D eigenvalue weighted by Gasteiger charge is 2.24. The van der Waals surface area contributed by atoms with Crippen LogP contribution in [0.2, 0.25) is 0 Å². The van der Waals surface area contributed by atoms with Crippen molar-refractivity contribution in [3.63, 3.8) is 0 Å². The van der Waals surface area contributed by atoms with Crippen LogP contribution in [0.4, 0.5) is 0 Å². The minimum Gasteiger partial charge on any atom is -0.481 e. The fourth-order valence-corrected chi connectivity index (χ4v) is 2.83.